The van der Waals surface area contributed by atoms with Gasteiger partial charge in [0.25, 0.3) is 0 Å². The number of anilines is 1. The van der Waals surface area contributed by atoms with Gasteiger partial charge in [-0.05, 0) is 41.5 Å². The Kier molecular flexibility index (Phi) is 3.09. The third kappa shape index (κ3) is 2.34. The van der Waals surface area contributed by atoms with E-state index in [0.717, 1.165) is 24.4 Å². The molecular formula is C13H15N5O2. The fourth-order valence-electron chi connectivity index (χ4n) is 2.10. The van der Waals surface area contributed by atoms with Crippen LogP contribution < -0.4 is 10.1 Å². The minimum absolute atomic E-state index is 0.125. The number of amides is 1. The predicted molar refractivity (Wildman–Crippen MR) is 72.0 cm³/mol. The molecule has 7 heteroatoms. The number of aromatic nitrogens is 4. The van der Waals surface area contributed by atoms with Crippen molar-refractivity contribution in [3.05, 3.63) is 24.0 Å². The Morgan fingerprint density at radius 1 is 1.45 bits per heavy atom. The standard InChI is InChI=1S/C13H15N5O2/c1-8(19)14-10-5-6-12(20-2)11(7-10)18-13(9-3-4-9)15-16-17-18/h5-7,9H,3-4H2,1-2H3,(H,14,19). The van der Waals surface area contributed by atoms with Crippen LogP contribution >= 0.6 is 0 Å². The molecule has 1 aliphatic carbocycles. The maximum absolute atomic E-state index is 11.2. The molecule has 1 N–H and O–H groups in total. The van der Waals surface area contributed by atoms with E-state index in [1.165, 1.54) is 6.92 Å². The van der Waals surface area contributed by atoms with Crippen LogP contribution in [-0.4, -0.2) is 33.2 Å². The van der Waals surface area contributed by atoms with Crippen molar-refractivity contribution < 1.29 is 9.53 Å². The zero-order valence-corrected chi connectivity index (χ0v) is 11.3. The SMILES string of the molecule is COc1ccc(NC(C)=O)cc1-n1nnnc1C1CC1. The van der Waals surface area contributed by atoms with Crippen molar-refractivity contribution >= 4 is 11.6 Å². The molecule has 1 aromatic heterocycles. The van der Waals surface area contributed by atoms with Crippen LogP contribution in [0.4, 0.5) is 5.69 Å². The van der Waals surface area contributed by atoms with Gasteiger partial charge in [-0.25, -0.2) is 0 Å². The zero-order chi connectivity index (χ0) is 14.1. The minimum Gasteiger partial charge on any atom is -0.494 e. The van der Waals surface area contributed by atoms with E-state index in [9.17, 15) is 4.79 Å². The monoisotopic (exact) mass is 273 g/mol. The van der Waals surface area contributed by atoms with Crippen LogP contribution in [0.1, 0.15) is 31.5 Å². The van der Waals surface area contributed by atoms with Crippen molar-refractivity contribution in [2.24, 2.45) is 0 Å². The Labute approximate surface area is 115 Å². The highest BCUT2D eigenvalue weighted by Crippen LogP contribution is 2.40. The lowest BCUT2D eigenvalue weighted by molar-refractivity contribution is -0.114. The molecule has 1 aromatic carbocycles. The van der Waals surface area contributed by atoms with Crippen molar-refractivity contribution in [3.8, 4) is 11.4 Å². The molecule has 1 heterocycles. The highest BCUT2D eigenvalue weighted by atomic mass is 16.5. The largest absolute Gasteiger partial charge is 0.494 e. The van der Waals surface area contributed by atoms with Gasteiger partial charge in [-0.15, -0.1) is 5.10 Å². The highest BCUT2D eigenvalue weighted by Gasteiger charge is 2.30. The van der Waals surface area contributed by atoms with E-state index >= 15 is 0 Å². The fraction of sp³-hybridized carbons (Fsp3) is 0.385. The van der Waals surface area contributed by atoms with Crippen LogP contribution in [0.2, 0.25) is 0 Å². The molecule has 104 valence electrons. The molecule has 1 fully saturated rings. The van der Waals surface area contributed by atoms with Crippen molar-refractivity contribution in [2.75, 3.05) is 12.4 Å². The molecule has 1 saturated carbocycles. The summed E-state index contributed by atoms with van der Waals surface area (Å²) >= 11 is 0. The second-order valence-corrected chi connectivity index (χ2v) is 4.79. The topological polar surface area (TPSA) is 81.9 Å². The average molecular weight is 273 g/mol. The van der Waals surface area contributed by atoms with E-state index in [2.05, 4.69) is 20.8 Å². The summed E-state index contributed by atoms with van der Waals surface area (Å²) in [7, 11) is 1.60. The Morgan fingerprint density at radius 3 is 2.90 bits per heavy atom. The first-order valence-electron chi connectivity index (χ1n) is 6.43. The Bertz CT molecular complexity index is 648. The van der Waals surface area contributed by atoms with E-state index in [1.54, 1.807) is 23.9 Å². The maximum Gasteiger partial charge on any atom is 0.221 e. The van der Waals surface area contributed by atoms with Crippen molar-refractivity contribution in [3.63, 3.8) is 0 Å². The molecule has 0 unspecified atom stereocenters. The van der Waals surface area contributed by atoms with E-state index in [0.29, 0.717) is 17.4 Å². The number of nitrogens with zero attached hydrogens (tertiary/aromatic N) is 4. The number of tetrazole rings is 1. The minimum atomic E-state index is -0.125. The van der Waals surface area contributed by atoms with Crippen LogP contribution in [0, 0.1) is 0 Å². The molecule has 0 radical (unpaired) electrons. The Morgan fingerprint density at radius 2 is 2.25 bits per heavy atom. The number of hydrogen-bond acceptors (Lipinski definition) is 5. The first kappa shape index (κ1) is 12.6. The molecule has 20 heavy (non-hydrogen) atoms. The number of hydrogen-bond donors (Lipinski definition) is 1. The van der Waals surface area contributed by atoms with Gasteiger partial charge in [0.05, 0.1) is 7.11 Å². The van der Waals surface area contributed by atoms with Crippen LogP contribution in [0.3, 0.4) is 0 Å². The van der Waals surface area contributed by atoms with Gasteiger partial charge < -0.3 is 10.1 Å². The summed E-state index contributed by atoms with van der Waals surface area (Å²) in [4.78, 5) is 11.2. The summed E-state index contributed by atoms with van der Waals surface area (Å²) in [6.45, 7) is 1.47. The van der Waals surface area contributed by atoms with Gasteiger partial charge in [0.15, 0.2) is 5.82 Å². The third-order valence-electron chi connectivity index (χ3n) is 3.16. The molecule has 2 aromatic rings. The fourth-order valence-corrected chi connectivity index (χ4v) is 2.10. The van der Waals surface area contributed by atoms with Crippen molar-refractivity contribution in [1.29, 1.82) is 0 Å². The number of benzene rings is 1. The molecule has 0 atom stereocenters. The van der Waals surface area contributed by atoms with Crippen LogP contribution in [0.15, 0.2) is 18.2 Å². The van der Waals surface area contributed by atoms with Gasteiger partial charge in [0.2, 0.25) is 5.91 Å². The van der Waals surface area contributed by atoms with E-state index < -0.39 is 0 Å². The lowest BCUT2D eigenvalue weighted by atomic mass is 10.2. The van der Waals surface area contributed by atoms with E-state index in [4.69, 9.17) is 4.74 Å². The molecule has 0 spiro atoms. The van der Waals surface area contributed by atoms with Gasteiger partial charge >= 0.3 is 0 Å². The van der Waals surface area contributed by atoms with Gasteiger partial charge in [-0.2, -0.15) is 4.68 Å². The van der Waals surface area contributed by atoms with E-state index in [1.807, 2.05) is 6.07 Å². The van der Waals surface area contributed by atoms with Gasteiger partial charge in [-0.3, -0.25) is 4.79 Å². The van der Waals surface area contributed by atoms with Crippen molar-refractivity contribution in [2.45, 2.75) is 25.7 Å². The molecule has 7 nitrogen and oxygen atoms in total. The normalized spacial score (nSPS) is 14.1. The molecule has 0 bridgehead atoms. The molecule has 0 aliphatic heterocycles. The third-order valence-corrected chi connectivity index (χ3v) is 3.16. The first-order chi connectivity index (χ1) is 9.69. The first-order valence-corrected chi connectivity index (χ1v) is 6.43. The number of carbonyl (C=O) groups is 1. The molecule has 3 rings (SSSR count). The molecular weight excluding hydrogens is 258 g/mol. The van der Waals surface area contributed by atoms with Gasteiger partial charge in [-0.1, -0.05) is 0 Å². The lowest BCUT2D eigenvalue weighted by Crippen LogP contribution is -2.08. The average Bonchev–Trinajstić information content (AvgIpc) is 3.15. The second kappa shape index (κ2) is 4.92. The highest BCUT2D eigenvalue weighted by molar-refractivity contribution is 5.89. The number of carbonyl (C=O) groups excluding carboxylic acids is 1. The lowest BCUT2D eigenvalue weighted by Gasteiger charge is -2.11. The number of methoxy groups -OCH3 is 1. The Balaban J connectivity index is 2.05. The van der Waals surface area contributed by atoms with Crippen LogP contribution in [-0.2, 0) is 4.79 Å². The number of rotatable bonds is 4. The zero-order valence-electron chi connectivity index (χ0n) is 11.3. The summed E-state index contributed by atoms with van der Waals surface area (Å²) in [5.41, 5.74) is 1.41. The quantitative estimate of drug-likeness (QED) is 0.913. The number of nitrogens with one attached hydrogen (secondary N) is 1. The summed E-state index contributed by atoms with van der Waals surface area (Å²) < 4.78 is 7.04. The predicted octanol–water partition coefficient (Wildman–Crippen LogP) is 1.51. The smallest absolute Gasteiger partial charge is 0.221 e. The van der Waals surface area contributed by atoms with Gasteiger partial charge in [0, 0.05) is 18.5 Å². The second-order valence-electron chi connectivity index (χ2n) is 4.79. The van der Waals surface area contributed by atoms with Crippen molar-refractivity contribution in [1.82, 2.24) is 20.2 Å². The summed E-state index contributed by atoms with van der Waals surface area (Å²) in [6, 6.07) is 5.38. The summed E-state index contributed by atoms with van der Waals surface area (Å²) in [6.07, 6.45) is 2.21. The number of ether oxygens (including phenoxy) is 1. The molecule has 1 aliphatic rings. The van der Waals surface area contributed by atoms with Crippen LogP contribution in [0.5, 0.6) is 5.75 Å². The van der Waals surface area contributed by atoms with E-state index in [-0.39, 0.29) is 5.91 Å². The summed E-state index contributed by atoms with van der Waals surface area (Å²) in [5.74, 6) is 1.79. The van der Waals surface area contributed by atoms with Crippen LogP contribution in [0.25, 0.3) is 5.69 Å². The summed E-state index contributed by atoms with van der Waals surface area (Å²) in [5, 5.41) is 14.6. The van der Waals surface area contributed by atoms with Gasteiger partial charge in [0.1, 0.15) is 11.4 Å². The Hall–Kier alpha value is -2.44. The molecule has 0 saturated heterocycles. The maximum atomic E-state index is 11.2. The molecule has 1 amide bonds.